The summed E-state index contributed by atoms with van der Waals surface area (Å²) in [6.45, 7) is 4.29. The summed E-state index contributed by atoms with van der Waals surface area (Å²) in [7, 11) is 2.24. The van der Waals surface area contributed by atoms with Crippen molar-refractivity contribution in [2.75, 3.05) is 6.54 Å². The number of carboxylic acid groups (broad SMARTS) is 2. The van der Waals surface area contributed by atoms with E-state index < -0.39 is 23.9 Å². The van der Waals surface area contributed by atoms with Gasteiger partial charge in [0.15, 0.2) is 0 Å². The Hall–Kier alpha value is -0.670. The van der Waals surface area contributed by atoms with Gasteiger partial charge in [-0.3, -0.25) is 14.3 Å². The number of hydrogen-bond donors (Lipinski definition) is 2. The van der Waals surface area contributed by atoms with E-state index in [-0.39, 0.29) is 13.0 Å². The van der Waals surface area contributed by atoms with Crippen LogP contribution < -0.4 is 0 Å². The minimum atomic E-state index is -0.964. The van der Waals surface area contributed by atoms with E-state index in [9.17, 15) is 9.59 Å². The van der Waals surface area contributed by atoms with Gasteiger partial charge in [-0.05, 0) is 6.42 Å². The lowest BCUT2D eigenvalue weighted by molar-refractivity contribution is -0.141. The van der Waals surface area contributed by atoms with Gasteiger partial charge >= 0.3 is 11.9 Å². The number of rotatable bonds is 2. The second-order valence-corrected chi connectivity index (χ2v) is 3.48. The minimum absolute atomic E-state index is 0.189. The zero-order valence-corrected chi connectivity index (χ0v) is 9.46. The zero-order chi connectivity index (χ0) is 11.3. The molecule has 0 aromatic heterocycles. The highest BCUT2D eigenvalue weighted by atomic mass is 31.0. The highest BCUT2D eigenvalue weighted by Gasteiger charge is 2.37. The molecule has 1 aliphatic rings. The van der Waals surface area contributed by atoms with E-state index in [1.165, 1.54) is 4.67 Å². The maximum atomic E-state index is 10.5. The fourth-order valence-electron chi connectivity index (χ4n) is 1.28. The minimum Gasteiger partial charge on any atom is -0.481 e. The Morgan fingerprint density at radius 3 is 2.00 bits per heavy atom. The molecule has 0 spiro atoms. The van der Waals surface area contributed by atoms with Crippen LogP contribution in [0.15, 0.2) is 0 Å². The van der Waals surface area contributed by atoms with Gasteiger partial charge in [0.25, 0.3) is 0 Å². The highest BCUT2D eigenvalue weighted by Crippen LogP contribution is 2.26. The maximum absolute atomic E-state index is 10.5. The van der Waals surface area contributed by atoms with Crippen LogP contribution in [-0.2, 0) is 9.59 Å². The fourth-order valence-corrected chi connectivity index (χ4v) is 1.79. The normalized spacial score (nSPS) is 26.5. The molecule has 1 rings (SSSR count). The molecule has 3 unspecified atom stereocenters. The number of hydrogen-bond acceptors (Lipinski definition) is 3. The SMILES string of the molecule is CC.O=C(O)C1CC(C(=O)O)N(P)C1. The van der Waals surface area contributed by atoms with Crippen molar-refractivity contribution in [1.82, 2.24) is 4.67 Å². The van der Waals surface area contributed by atoms with E-state index >= 15 is 0 Å². The molecule has 0 saturated carbocycles. The van der Waals surface area contributed by atoms with E-state index in [1.807, 2.05) is 13.8 Å². The molecule has 82 valence electrons. The first-order valence-electron chi connectivity index (χ1n) is 4.49. The second-order valence-electron chi connectivity index (χ2n) is 2.82. The molecule has 1 saturated heterocycles. The van der Waals surface area contributed by atoms with E-state index in [0.29, 0.717) is 0 Å². The molecule has 2 N–H and O–H groups in total. The van der Waals surface area contributed by atoms with Crippen molar-refractivity contribution in [3.05, 3.63) is 0 Å². The number of carbonyl (C=O) groups is 2. The smallest absolute Gasteiger partial charge is 0.321 e. The fraction of sp³-hybridized carbons (Fsp3) is 0.750. The third kappa shape index (κ3) is 3.24. The van der Waals surface area contributed by atoms with Crippen molar-refractivity contribution in [2.45, 2.75) is 26.3 Å². The Morgan fingerprint density at radius 2 is 1.79 bits per heavy atom. The van der Waals surface area contributed by atoms with E-state index in [2.05, 4.69) is 9.39 Å². The summed E-state index contributed by atoms with van der Waals surface area (Å²) in [6, 6.07) is -0.670. The van der Waals surface area contributed by atoms with Gasteiger partial charge in [-0.1, -0.05) is 23.2 Å². The van der Waals surface area contributed by atoms with Crippen molar-refractivity contribution < 1.29 is 19.8 Å². The van der Waals surface area contributed by atoms with Crippen LogP contribution in [0.5, 0.6) is 0 Å². The quantitative estimate of drug-likeness (QED) is 0.670. The second kappa shape index (κ2) is 5.94. The number of carboxylic acids is 2. The first-order chi connectivity index (χ1) is 6.52. The van der Waals surface area contributed by atoms with Crippen molar-refractivity contribution in [3.63, 3.8) is 0 Å². The summed E-state index contributed by atoms with van der Waals surface area (Å²) >= 11 is 0. The highest BCUT2D eigenvalue weighted by molar-refractivity contribution is 7.13. The first kappa shape index (κ1) is 13.3. The van der Waals surface area contributed by atoms with Gasteiger partial charge in [0.05, 0.1) is 5.92 Å². The predicted molar refractivity (Wildman–Crippen MR) is 54.9 cm³/mol. The largest absolute Gasteiger partial charge is 0.481 e. The third-order valence-corrected chi connectivity index (χ3v) is 2.54. The molecular weight excluding hydrogens is 205 g/mol. The summed E-state index contributed by atoms with van der Waals surface area (Å²) in [4.78, 5) is 21.0. The summed E-state index contributed by atoms with van der Waals surface area (Å²) in [5.41, 5.74) is 0. The van der Waals surface area contributed by atoms with Crippen LogP contribution in [0.2, 0.25) is 0 Å². The molecule has 0 aliphatic carbocycles. The summed E-state index contributed by atoms with van der Waals surface area (Å²) in [5, 5.41) is 17.2. The molecule has 1 aliphatic heterocycles. The number of aliphatic carboxylic acids is 2. The predicted octanol–water partition coefficient (Wildman–Crippen LogP) is 0.662. The zero-order valence-electron chi connectivity index (χ0n) is 8.30. The van der Waals surface area contributed by atoms with Crippen molar-refractivity contribution >= 4 is 21.3 Å². The van der Waals surface area contributed by atoms with Crippen LogP contribution in [0, 0.1) is 5.92 Å². The summed E-state index contributed by atoms with van der Waals surface area (Å²) in [5.74, 6) is -2.44. The van der Waals surface area contributed by atoms with Crippen LogP contribution >= 0.6 is 9.39 Å². The van der Waals surface area contributed by atoms with Crippen molar-refractivity contribution in [2.24, 2.45) is 5.92 Å². The van der Waals surface area contributed by atoms with Crippen LogP contribution in [0.1, 0.15) is 20.3 Å². The van der Waals surface area contributed by atoms with E-state index in [0.717, 1.165) is 0 Å². The molecule has 0 amide bonds. The topological polar surface area (TPSA) is 77.8 Å². The molecule has 14 heavy (non-hydrogen) atoms. The van der Waals surface area contributed by atoms with Crippen LogP contribution in [0.25, 0.3) is 0 Å². The lowest BCUT2D eigenvalue weighted by atomic mass is 10.1. The molecular formula is C8H16NO4P. The summed E-state index contributed by atoms with van der Waals surface area (Å²) < 4.78 is 1.47. The lowest BCUT2D eigenvalue weighted by Crippen LogP contribution is -2.28. The third-order valence-electron chi connectivity index (χ3n) is 1.97. The Labute approximate surface area is 85.4 Å². The molecule has 6 heteroatoms. The molecule has 0 radical (unpaired) electrons. The van der Waals surface area contributed by atoms with Gasteiger partial charge in [-0.15, -0.1) is 0 Å². The lowest BCUT2D eigenvalue weighted by Gasteiger charge is -2.12. The van der Waals surface area contributed by atoms with Gasteiger partial charge in [-0.2, -0.15) is 0 Å². The van der Waals surface area contributed by atoms with Crippen molar-refractivity contribution in [1.29, 1.82) is 0 Å². The molecule has 0 aromatic rings. The Bertz CT molecular complexity index is 221. The Morgan fingerprint density at radius 1 is 1.29 bits per heavy atom. The molecule has 5 nitrogen and oxygen atoms in total. The first-order valence-corrected chi connectivity index (χ1v) is 5.01. The monoisotopic (exact) mass is 221 g/mol. The van der Waals surface area contributed by atoms with Gasteiger partial charge in [-0.25, -0.2) is 0 Å². The van der Waals surface area contributed by atoms with Gasteiger partial charge in [0.1, 0.15) is 6.04 Å². The summed E-state index contributed by atoms with van der Waals surface area (Å²) in [6.07, 6.45) is 0.189. The molecule has 0 bridgehead atoms. The van der Waals surface area contributed by atoms with Crippen LogP contribution in [0.3, 0.4) is 0 Å². The standard InChI is InChI=1S/C6H10NO4P.C2H6/c8-5(9)3-1-4(6(10)11)7(12)2-3;1-2/h3-4H,1-2,12H2,(H,8,9)(H,10,11);1-2H3. The van der Waals surface area contributed by atoms with E-state index in [1.54, 1.807) is 0 Å². The molecule has 0 aromatic carbocycles. The number of nitrogens with zero attached hydrogens (tertiary/aromatic N) is 1. The van der Waals surface area contributed by atoms with Gasteiger partial charge in [0.2, 0.25) is 0 Å². The van der Waals surface area contributed by atoms with Crippen molar-refractivity contribution in [3.8, 4) is 0 Å². The average Bonchev–Trinajstić information content (AvgIpc) is 2.51. The Balaban J connectivity index is 0.000000791. The van der Waals surface area contributed by atoms with Crippen LogP contribution in [-0.4, -0.2) is 39.4 Å². The van der Waals surface area contributed by atoms with E-state index in [4.69, 9.17) is 10.2 Å². The van der Waals surface area contributed by atoms with Crippen LogP contribution in [0.4, 0.5) is 0 Å². The molecule has 1 heterocycles. The van der Waals surface area contributed by atoms with Gasteiger partial charge in [0, 0.05) is 6.54 Å². The van der Waals surface area contributed by atoms with Gasteiger partial charge < -0.3 is 10.2 Å². The molecule has 1 fully saturated rings. The average molecular weight is 221 g/mol. The maximum Gasteiger partial charge on any atom is 0.321 e. The Kier molecular flexibility index (Phi) is 5.65. The molecule has 3 atom stereocenters.